The van der Waals surface area contributed by atoms with E-state index in [0.717, 1.165) is 17.8 Å². The van der Waals surface area contributed by atoms with Gasteiger partial charge in [-0.05, 0) is 36.5 Å². The lowest BCUT2D eigenvalue weighted by Gasteiger charge is -2.13. The molecule has 17 heavy (non-hydrogen) atoms. The number of para-hydroxylation sites is 1. The quantitative estimate of drug-likeness (QED) is 0.876. The lowest BCUT2D eigenvalue weighted by Crippen LogP contribution is -2.09. The minimum absolute atomic E-state index is 0.396. The molecule has 1 aliphatic rings. The molecule has 3 unspecified atom stereocenters. The van der Waals surface area contributed by atoms with Crippen molar-refractivity contribution in [3.63, 3.8) is 0 Å². The molecule has 3 nitrogen and oxygen atoms in total. The Kier molecular flexibility index (Phi) is 2.48. The summed E-state index contributed by atoms with van der Waals surface area (Å²) in [5.41, 5.74) is 1.89. The van der Waals surface area contributed by atoms with Gasteiger partial charge < -0.3 is 5.11 Å². The van der Waals surface area contributed by atoms with Crippen LogP contribution >= 0.6 is 0 Å². The molecule has 0 radical (unpaired) electrons. The van der Waals surface area contributed by atoms with Gasteiger partial charge in [0.05, 0.1) is 17.5 Å². The Morgan fingerprint density at radius 2 is 2.00 bits per heavy atom. The summed E-state index contributed by atoms with van der Waals surface area (Å²) >= 11 is 0. The number of benzene rings is 1. The average molecular weight is 228 g/mol. The predicted octanol–water partition coefficient (Wildman–Crippen LogP) is 2.56. The fourth-order valence-corrected chi connectivity index (χ4v) is 2.33. The maximum Gasteiger partial charge on any atom is 0.0991 e. The Hall–Kier alpha value is -1.61. The highest BCUT2D eigenvalue weighted by atomic mass is 16.3. The zero-order valence-electron chi connectivity index (χ0n) is 9.82. The summed E-state index contributed by atoms with van der Waals surface area (Å²) < 4.78 is 1.83. The Bertz CT molecular complexity index is 506. The molecular formula is C14H16N2O. The summed E-state index contributed by atoms with van der Waals surface area (Å²) in [5, 5.41) is 14.6. The van der Waals surface area contributed by atoms with E-state index in [9.17, 15) is 5.11 Å². The van der Waals surface area contributed by atoms with Crippen LogP contribution in [0.3, 0.4) is 0 Å². The fourth-order valence-electron chi connectivity index (χ4n) is 2.33. The second kappa shape index (κ2) is 4.00. The van der Waals surface area contributed by atoms with Gasteiger partial charge in [-0.3, -0.25) is 0 Å². The van der Waals surface area contributed by atoms with Crippen molar-refractivity contribution < 1.29 is 5.11 Å². The lowest BCUT2D eigenvalue weighted by molar-refractivity contribution is 0.140. The lowest BCUT2D eigenvalue weighted by atomic mass is 10.1. The van der Waals surface area contributed by atoms with Crippen LogP contribution in [0.2, 0.25) is 0 Å². The van der Waals surface area contributed by atoms with E-state index < -0.39 is 6.10 Å². The molecule has 1 aromatic heterocycles. The van der Waals surface area contributed by atoms with Crippen molar-refractivity contribution in [2.75, 3.05) is 0 Å². The molecule has 3 rings (SSSR count). The Morgan fingerprint density at radius 1 is 1.29 bits per heavy atom. The maximum absolute atomic E-state index is 10.3. The van der Waals surface area contributed by atoms with Crippen molar-refractivity contribution in [2.24, 2.45) is 11.8 Å². The van der Waals surface area contributed by atoms with E-state index in [-0.39, 0.29) is 0 Å². The second-order valence-corrected chi connectivity index (χ2v) is 4.83. The van der Waals surface area contributed by atoms with E-state index in [2.05, 4.69) is 12.0 Å². The van der Waals surface area contributed by atoms with Crippen LogP contribution in [0, 0.1) is 11.8 Å². The number of aliphatic hydroxyl groups is 1. The van der Waals surface area contributed by atoms with Gasteiger partial charge in [0.15, 0.2) is 0 Å². The largest absolute Gasteiger partial charge is 0.387 e. The number of nitrogens with zero attached hydrogens (tertiary/aromatic N) is 2. The average Bonchev–Trinajstić information content (AvgIpc) is 2.92. The first-order chi connectivity index (χ1) is 8.27. The van der Waals surface area contributed by atoms with Crippen LogP contribution in [0.4, 0.5) is 0 Å². The third kappa shape index (κ3) is 1.87. The molecular weight excluding hydrogens is 212 g/mol. The van der Waals surface area contributed by atoms with E-state index in [1.54, 1.807) is 6.20 Å². The van der Waals surface area contributed by atoms with E-state index in [1.165, 1.54) is 0 Å². The summed E-state index contributed by atoms with van der Waals surface area (Å²) in [6.45, 7) is 2.18. The van der Waals surface area contributed by atoms with Crippen LogP contribution in [0.25, 0.3) is 5.69 Å². The molecule has 0 saturated heterocycles. The highest BCUT2D eigenvalue weighted by Gasteiger charge is 2.40. The summed E-state index contributed by atoms with van der Waals surface area (Å²) in [5.74, 6) is 1.03. The third-order valence-corrected chi connectivity index (χ3v) is 3.55. The highest BCUT2D eigenvalue weighted by Crippen LogP contribution is 2.46. The van der Waals surface area contributed by atoms with Gasteiger partial charge in [-0.15, -0.1) is 0 Å². The summed E-state index contributed by atoms with van der Waals surface area (Å²) in [7, 11) is 0. The van der Waals surface area contributed by atoms with E-state index in [4.69, 9.17) is 0 Å². The SMILES string of the molecule is CC1CC1C(O)c1ccnn1-c1ccccc1. The summed E-state index contributed by atoms with van der Waals surface area (Å²) in [6.07, 6.45) is 2.47. The molecule has 1 heterocycles. The maximum atomic E-state index is 10.3. The van der Waals surface area contributed by atoms with Gasteiger partial charge in [-0.1, -0.05) is 25.1 Å². The topological polar surface area (TPSA) is 38.1 Å². The van der Waals surface area contributed by atoms with Crippen LogP contribution < -0.4 is 0 Å². The van der Waals surface area contributed by atoms with E-state index in [0.29, 0.717) is 11.8 Å². The molecule has 1 saturated carbocycles. The number of aromatic nitrogens is 2. The van der Waals surface area contributed by atoms with Crippen LogP contribution in [-0.2, 0) is 0 Å². The van der Waals surface area contributed by atoms with Crippen molar-refractivity contribution in [2.45, 2.75) is 19.4 Å². The van der Waals surface area contributed by atoms with Gasteiger partial charge in [0.2, 0.25) is 0 Å². The van der Waals surface area contributed by atoms with E-state index in [1.807, 2.05) is 41.1 Å². The number of aliphatic hydroxyl groups excluding tert-OH is 1. The van der Waals surface area contributed by atoms with Crippen molar-refractivity contribution in [1.29, 1.82) is 0 Å². The zero-order valence-corrected chi connectivity index (χ0v) is 9.82. The number of rotatable bonds is 3. The molecule has 2 aromatic rings. The molecule has 3 atom stereocenters. The van der Waals surface area contributed by atoms with Gasteiger partial charge in [0.1, 0.15) is 0 Å². The second-order valence-electron chi connectivity index (χ2n) is 4.83. The van der Waals surface area contributed by atoms with Crippen molar-refractivity contribution in [1.82, 2.24) is 9.78 Å². The first-order valence-electron chi connectivity index (χ1n) is 6.05. The minimum Gasteiger partial charge on any atom is -0.387 e. The Labute approximate surface area is 101 Å². The molecule has 3 heteroatoms. The van der Waals surface area contributed by atoms with Crippen LogP contribution in [0.1, 0.15) is 25.1 Å². The van der Waals surface area contributed by atoms with E-state index >= 15 is 0 Å². The highest BCUT2D eigenvalue weighted by molar-refractivity contribution is 5.33. The van der Waals surface area contributed by atoms with Gasteiger partial charge in [0.25, 0.3) is 0 Å². The molecule has 1 N–H and O–H groups in total. The number of hydrogen-bond donors (Lipinski definition) is 1. The molecule has 1 fully saturated rings. The standard InChI is InChI=1S/C14H16N2O/c1-10-9-12(10)14(17)13-7-8-15-16(13)11-5-3-2-4-6-11/h2-8,10,12,14,17H,9H2,1H3. The molecule has 1 aliphatic carbocycles. The van der Waals surface area contributed by atoms with Gasteiger partial charge in [0, 0.05) is 6.20 Å². The normalized spacial score (nSPS) is 24.6. The van der Waals surface area contributed by atoms with Gasteiger partial charge in [-0.2, -0.15) is 5.10 Å². The third-order valence-electron chi connectivity index (χ3n) is 3.55. The zero-order chi connectivity index (χ0) is 11.8. The van der Waals surface area contributed by atoms with Crippen LogP contribution in [-0.4, -0.2) is 14.9 Å². The van der Waals surface area contributed by atoms with Crippen LogP contribution in [0.15, 0.2) is 42.6 Å². The Balaban J connectivity index is 1.94. The van der Waals surface area contributed by atoms with Crippen molar-refractivity contribution in [3.05, 3.63) is 48.3 Å². The van der Waals surface area contributed by atoms with Crippen molar-refractivity contribution >= 4 is 0 Å². The first-order valence-corrected chi connectivity index (χ1v) is 6.05. The molecule has 0 aliphatic heterocycles. The molecule has 1 aromatic carbocycles. The Morgan fingerprint density at radius 3 is 2.65 bits per heavy atom. The first kappa shape index (κ1) is 10.5. The summed E-state index contributed by atoms with van der Waals surface area (Å²) in [4.78, 5) is 0. The smallest absolute Gasteiger partial charge is 0.0991 e. The predicted molar refractivity (Wildman–Crippen MR) is 65.8 cm³/mol. The molecule has 88 valence electrons. The molecule has 0 bridgehead atoms. The monoisotopic (exact) mass is 228 g/mol. The number of hydrogen-bond acceptors (Lipinski definition) is 2. The molecule has 0 spiro atoms. The minimum atomic E-state index is -0.396. The van der Waals surface area contributed by atoms with Gasteiger partial charge in [-0.25, -0.2) is 4.68 Å². The van der Waals surface area contributed by atoms with Gasteiger partial charge >= 0.3 is 0 Å². The van der Waals surface area contributed by atoms with Crippen LogP contribution in [0.5, 0.6) is 0 Å². The molecule has 0 amide bonds. The van der Waals surface area contributed by atoms with Crippen molar-refractivity contribution in [3.8, 4) is 5.69 Å². The fraction of sp³-hybridized carbons (Fsp3) is 0.357. The summed E-state index contributed by atoms with van der Waals surface area (Å²) in [6, 6.07) is 11.8.